The highest BCUT2D eigenvalue weighted by Gasteiger charge is 2.09. The largest absolute Gasteiger partial charge is 0.309 e. The highest BCUT2D eigenvalue weighted by molar-refractivity contribution is 7.08. The van der Waals surface area contributed by atoms with E-state index in [2.05, 4.69) is 20.3 Å². The van der Waals surface area contributed by atoms with Crippen LogP contribution in [0.2, 0.25) is 5.02 Å². The van der Waals surface area contributed by atoms with Crippen molar-refractivity contribution >= 4 is 34.7 Å². The first-order valence-electron chi connectivity index (χ1n) is 5.98. The number of nitrogens with zero attached hydrogens (tertiary/aromatic N) is 3. The maximum atomic E-state index is 6.16. The normalized spacial score (nSPS) is 10.5. The van der Waals surface area contributed by atoms with Crippen LogP contribution in [0.5, 0.6) is 0 Å². The Kier molecular flexibility index (Phi) is 3.62. The fourth-order valence-electron chi connectivity index (χ4n) is 1.75. The van der Waals surface area contributed by atoms with Crippen molar-refractivity contribution in [3.05, 3.63) is 51.9 Å². The van der Waals surface area contributed by atoms with Crippen LogP contribution in [0.3, 0.4) is 0 Å². The Labute approximate surface area is 125 Å². The molecule has 0 unspecified atom stereocenters. The summed E-state index contributed by atoms with van der Waals surface area (Å²) in [6, 6.07) is 5.85. The van der Waals surface area contributed by atoms with Crippen LogP contribution >= 0.6 is 22.9 Å². The van der Waals surface area contributed by atoms with Crippen LogP contribution in [0, 0.1) is 6.92 Å². The maximum absolute atomic E-state index is 6.16. The average molecular weight is 303 g/mol. The first-order chi connectivity index (χ1) is 9.74. The summed E-state index contributed by atoms with van der Waals surface area (Å²) in [7, 11) is 0. The Bertz CT molecular complexity index is 728. The third-order valence-corrected chi connectivity index (χ3v) is 3.74. The average Bonchev–Trinajstić information content (AvgIpc) is 2.97. The molecular formula is C14H11ClN4S. The highest BCUT2D eigenvalue weighted by atomic mass is 35.5. The Morgan fingerprint density at radius 3 is 2.90 bits per heavy atom. The fraction of sp³-hybridized carbons (Fsp3) is 0.0714. The van der Waals surface area contributed by atoms with Crippen LogP contribution in [0.15, 0.2) is 41.4 Å². The minimum absolute atomic E-state index is 0.484. The highest BCUT2D eigenvalue weighted by Crippen LogP contribution is 2.28. The molecular weight excluding hydrogens is 292 g/mol. The molecule has 4 nitrogen and oxygen atoms in total. The van der Waals surface area contributed by atoms with Gasteiger partial charge in [-0.05, 0) is 30.0 Å². The van der Waals surface area contributed by atoms with Gasteiger partial charge in [-0.25, -0.2) is 15.0 Å². The van der Waals surface area contributed by atoms with Crippen molar-refractivity contribution in [1.82, 2.24) is 15.0 Å². The summed E-state index contributed by atoms with van der Waals surface area (Å²) in [4.78, 5) is 12.9. The van der Waals surface area contributed by atoms with E-state index < -0.39 is 0 Å². The van der Waals surface area contributed by atoms with Crippen LogP contribution in [-0.4, -0.2) is 15.0 Å². The van der Waals surface area contributed by atoms with Crippen molar-refractivity contribution in [1.29, 1.82) is 0 Å². The van der Waals surface area contributed by atoms with E-state index in [4.69, 9.17) is 11.6 Å². The minimum Gasteiger partial charge on any atom is -0.309 e. The van der Waals surface area contributed by atoms with E-state index in [1.54, 1.807) is 23.7 Å². The summed E-state index contributed by atoms with van der Waals surface area (Å²) < 4.78 is 0. The second-order valence-corrected chi connectivity index (χ2v) is 5.38. The molecule has 0 aliphatic rings. The summed E-state index contributed by atoms with van der Waals surface area (Å²) in [5.41, 5.74) is 2.74. The first kappa shape index (κ1) is 13.0. The summed E-state index contributed by atoms with van der Waals surface area (Å²) in [6.07, 6.45) is 3.33. The molecule has 0 aliphatic carbocycles. The molecule has 0 fully saturated rings. The molecule has 3 heterocycles. The predicted molar refractivity (Wildman–Crippen MR) is 82.6 cm³/mol. The van der Waals surface area contributed by atoms with E-state index in [1.165, 1.54) is 0 Å². The molecule has 0 amide bonds. The minimum atomic E-state index is 0.484. The lowest BCUT2D eigenvalue weighted by molar-refractivity contribution is 1.14. The van der Waals surface area contributed by atoms with Gasteiger partial charge in [-0.3, -0.25) is 0 Å². The van der Waals surface area contributed by atoms with Crippen molar-refractivity contribution in [3.63, 3.8) is 0 Å². The van der Waals surface area contributed by atoms with Gasteiger partial charge in [-0.2, -0.15) is 11.3 Å². The van der Waals surface area contributed by atoms with Gasteiger partial charge in [-0.15, -0.1) is 0 Å². The molecule has 0 spiro atoms. The van der Waals surface area contributed by atoms with Crippen molar-refractivity contribution in [2.75, 3.05) is 5.32 Å². The van der Waals surface area contributed by atoms with Crippen molar-refractivity contribution in [2.24, 2.45) is 0 Å². The molecule has 3 aromatic heterocycles. The van der Waals surface area contributed by atoms with E-state index in [0.29, 0.717) is 11.0 Å². The van der Waals surface area contributed by atoms with Gasteiger partial charge in [0.2, 0.25) is 5.95 Å². The van der Waals surface area contributed by atoms with Crippen molar-refractivity contribution in [2.45, 2.75) is 6.92 Å². The van der Waals surface area contributed by atoms with Crippen LogP contribution in [0.1, 0.15) is 5.56 Å². The SMILES string of the molecule is Cc1cccnc1Nc1ncc(Cl)c(-c2ccsc2)n1. The van der Waals surface area contributed by atoms with E-state index in [0.717, 1.165) is 22.6 Å². The lowest BCUT2D eigenvalue weighted by atomic mass is 10.2. The number of nitrogens with one attached hydrogen (secondary N) is 1. The Balaban J connectivity index is 1.96. The topological polar surface area (TPSA) is 50.7 Å². The van der Waals surface area contributed by atoms with Crippen molar-refractivity contribution < 1.29 is 0 Å². The maximum Gasteiger partial charge on any atom is 0.229 e. The molecule has 6 heteroatoms. The lowest BCUT2D eigenvalue weighted by Gasteiger charge is -2.08. The molecule has 0 atom stereocenters. The van der Waals surface area contributed by atoms with Gasteiger partial charge >= 0.3 is 0 Å². The zero-order chi connectivity index (χ0) is 13.9. The zero-order valence-electron chi connectivity index (χ0n) is 10.7. The Morgan fingerprint density at radius 2 is 2.15 bits per heavy atom. The molecule has 100 valence electrons. The molecule has 0 aliphatic heterocycles. The standard InChI is InChI=1S/C14H11ClN4S/c1-9-3-2-5-16-13(9)19-14-17-7-11(15)12(18-14)10-4-6-20-8-10/h2-8H,1H3,(H,16,17,18,19). The summed E-state index contributed by atoms with van der Waals surface area (Å²) in [6.45, 7) is 1.98. The summed E-state index contributed by atoms with van der Waals surface area (Å²) in [5, 5.41) is 7.64. The number of pyridine rings is 1. The van der Waals surface area contributed by atoms with Gasteiger partial charge < -0.3 is 5.32 Å². The smallest absolute Gasteiger partial charge is 0.229 e. The fourth-order valence-corrected chi connectivity index (χ4v) is 2.59. The van der Waals surface area contributed by atoms with Gasteiger partial charge in [0.1, 0.15) is 5.82 Å². The quantitative estimate of drug-likeness (QED) is 0.783. The van der Waals surface area contributed by atoms with E-state index in [9.17, 15) is 0 Å². The van der Waals surface area contributed by atoms with Crippen LogP contribution in [0.4, 0.5) is 11.8 Å². The van der Waals surface area contributed by atoms with E-state index >= 15 is 0 Å². The van der Waals surface area contributed by atoms with E-state index in [-0.39, 0.29) is 0 Å². The van der Waals surface area contributed by atoms with Gasteiger partial charge in [0.05, 0.1) is 16.9 Å². The third kappa shape index (κ3) is 2.64. The summed E-state index contributed by atoms with van der Waals surface area (Å²) in [5.74, 6) is 1.23. The van der Waals surface area contributed by atoms with Crippen LogP contribution in [-0.2, 0) is 0 Å². The van der Waals surface area contributed by atoms with Gasteiger partial charge in [0, 0.05) is 17.1 Å². The summed E-state index contributed by atoms with van der Waals surface area (Å²) >= 11 is 7.76. The molecule has 0 radical (unpaired) electrons. The number of hydrogen-bond donors (Lipinski definition) is 1. The Hall–Kier alpha value is -1.98. The molecule has 20 heavy (non-hydrogen) atoms. The van der Waals surface area contributed by atoms with Crippen molar-refractivity contribution in [3.8, 4) is 11.3 Å². The predicted octanol–water partition coefficient (Wildman–Crippen LogP) is 4.31. The third-order valence-electron chi connectivity index (χ3n) is 2.78. The molecule has 0 saturated heterocycles. The van der Waals surface area contributed by atoms with E-state index in [1.807, 2.05) is 35.9 Å². The number of aromatic nitrogens is 3. The van der Waals surface area contributed by atoms with Gasteiger partial charge in [0.25, 0.3) is 0 Å². The molecule has 0 aromatic carbocycles. The first-order valence-corrected chi connectivity index (χ1v) is 7.30. The molecule has 0 bridgehead atoms. The number of aryl methyl sites for hydroxylation is 1. The number of hydrogen-bond acceptors (Lipinski definition) is 5. The monoisotopic (exact) mass is 302 g/mol. The number of halogens is 1. The van der Waals surface area contributed by atoms with Gasteiger partial charge in [-0.1, -0.05) is 17.7 Å². The molecule has 3 rings (SSSR count). The zero-order valence-corrected chi connectivity index (χ0v) is 12.2. The lowest BCUT2D eigenvalue weighted by Crippen LogP contribution is -2.01. The molecule has 3 aromatic rings. The Morgan fingerprint density at radius 1 is 1.25 bits per heavy atom. The van der Waals surface area contributed by atoms with Crippen LogP contribution in [0.25, 0.3) is 11.3 Å². The second-order valence-electron chi connectivity index (χ2n) is 4.20. The van der Waals surface area contributed by atoms with Gasteiger partial charge in [0.15, 0.2) is 0 Å². The van der Waals surface area contributed by atoms with Crippen LogP contribution < -0.4 is 5.32 Å². The molecule has 0 saturated carbocycles. The second kappa shape index (κ2) is 5.56. The molecule has 1 N–H and O–H groups in total. The number of thiophene rings is 1. The number of anilines is 2. The number of rotatable bonds is 3.